The van der Waals surface area contributed by atoms with E-state index in [0.29, 0.717) is 6.04 Å². The lowest BCUT2D eigenvalue weighted by molar-refractivity contribution is 0.200. The van der Waals surface area contributed by atoms with Gasteiger partial charge in [0, 0.05) is 19.1 Å². The zero-order valence-electron chi connectivity index (χ0n) is 16.6. The summed E-state index contributed by atoms with van der Waals surface area (Å²) >= 11 is 0. The highest BCUT2D eigenvalue weighted by molar-refractivity contribution is 5.35. The zero-order chi connectivity index (χ0) is 18.5. The number of aliphatic hydroxyl groups is 1. The summed E-state index contributed by atoms with van der Waals surface area (Å²) in [5.74, 6) is 0. The fraction of sp³-hybridized carbons (Fsp3) is 0.714. The van der Waals surface area contributed by atoms with Crippen LogP contribution in [0.2, 0.25) is 0 Å². The van der Waals surface area contributed by atoms with Crippen LogP contribution in [0.5, 0.6) is 0 Å². The van der Waals surface area contributed by atoms with Gasteiger partial charge in [0.25, 0.3) is 0 Å². The van der Waals surface area contributed by atoms with Crippen LogP contribution < -0.4 is 10.6 Å². The van der Waals surface area contributed by atoms with E-state index in [9.17, 15) is 0 Å². The molecule has 3 N–H and O–H groups in total. The zero-order valence-corrected chi connectivity index (χ0v) is 16.6. The third kappa shape index (κ3) is 8.82. The molecule has 1 aliphatic rings. The SMILES string of the molecule is C=CC1=C(/C=C(\C)CNCCCN(CC)CCO)CCC[C@@H](NC)C1. The van der Waals surface area contributed by atoms with E-state index >= 15 is 0 Å². The number of rotatable bonds is 12. The van der Waals surface area contributed by atoms with E-state index in [1.807, 2.05) is 6.08 Å². The molecule has 4 nitrogen and oxygen atoms in total. The van der Waals surface area contributed by atoms with Gasteiger partial charge in [-0.15, -0.1) is 0 Å². The first kappa shape index (κ1) is 22.1. The molecule has 0 amide bonds. The van der Waals surface area contributed by atoms with E-state index in [2.05, 4.69) is 49.1 Å². The Morgan fingerprint density at radius 3 is 2.80 bits per heavy atom. The van der Waals surface area contributed by atoms with Gasteiger partial charge in [-0.3, -0.25) is 0 Å². The van der Waals surface area contributed by atoms with Crippen LogP contribution >= 0.6 is 0 Å². The maximum atomic E-state index is 9.01. The molecule has 144 valence electrons. The van der Waals surface area contributed by atoms with Crippen LogP contribution in [-0.4, -0.2) is 62.4 Å². The maximum absolute atomic E-state index is 9.01. The largest absolute Gasteiger partial charge is 0.395 e. The molecule has 0 aromatic carbocycles. The third-order valence-corrected chi connectivity index (χ3v) is 5.05. The standard InChI is InChI=1S/C21H39N3O/c1-5-19-16-21(22-4)10-7-9-20(19)15-18(3)17-23-11-8-12-24(6-2)13-14-25/h5,15,21-23,25H,1,6-14,16-17H2,2-4H3/b18-15+/t21-/m1/s1. The Balaban J connectivity index is 2.43. The van der Waals surface area contributed by atoms with Gasteiger partial charge in [0.1, 0.15) is 0 Å². The highest BCUT2D eigenvalue weighted by Gasteiger charge is 2.15. The molecule has 0 fully saturated rings. The van der Waals surface area contributed by atoms with Gasteiger partial charge in [-0.2, -0.15) is 0 Å². The molecule has 0 aliphatic heterocycles. The average Bonchev–Trinajstić information content (AvgIpc) is 2.82. The summed E-state index contributed by atoms with van der Waals surface area (Å²) in [4.78, 5) is 2.29. The minimum absolute atomic E-state index is 0.248. The molecule has 4 heteroatoms. The molecule has 0 heterocycles. The summed E-state index contributed by atoms with van der Waals surface area (Å²) in [6, 6.07) is 0.581. The van der Waals surface area contributed by atoms with Gasteiger partial charge < -0.3 is 20.6 Å². The highest BCUT2D eigenvalue weighted by atomic mass is 16.3. The van der Waals surface area contributed by atoms with Crippen LogP contribution in [0.15, 0.2) is 35.5 Å². The van der Waals surface area contributed by atoms with Crippen molar-refractivity contribution in [1.29, 1.82) is 0 Å². The number of aliphatic hydroxyl groups excluding tert-OH is 1. The summed E-state index contributed by atoms with van der Waals surface area (Å²) in [6.45, 7) is 13.4. The molecule has 1 rings (SSSR count). The van der Waals surface area contributed by atoms with E-state index in [0.717, 1.165) is 52.0 Å². The molecule has 0 aromatic rings. The van der Waals surface area contributed by atoms with Crippen molar-refractivity contribution >= 4 is 0 Å². The van der Waals surface area contributed by atoms with Crippen LogP contribution in [-0.2, 0) is 0 Å². The Hall–Kier alpha value is -0.940. The topological polar surface area (TPSA) is 47.5 Å². The Morgan fingerprint density at radius 1 is 1.36 bits per heavy atom. The quantitative estimate of drug-likeness (QED) is 0.474. The fourth-order valence-corrected chi connectivity index (χ4v) is 3.45. The summed E-state index contributed by atoms with van der Waals surface area (Å²) < 4.78 is 0. The lowest BCUT2D eigenvalue weighted by Gasteiger charge is -2.18. The molecule has 0 saturated heterocycles. The number of likely N-dealkylation sites (N-methyl/N-ethyl adjacent to an activating group) is 1. The van der Waals surface area contributed by atoms with Gasteiger partial charge in [0.15, 0.2) is 0 Å². The van der Waals surface area contributed by atoms with E-state index in [4.69, 9.17) is 5.11 Å². The normalized spacial score (nSPS) is 19.4. The molecule has 0 spiro atoms. The van der Waals surface area contributed by atoms with E-state index in [1.165, 1.54) is 29.6 Å². The molecule has 0 aromatic heterocycles. The number of nitrogens with zero attached hydrogens (tertiary/aromatic N) is 1. The van der Waals surface area contributed by atoms with E-state index < -0.39 is 0 Å². The second-order valence-corrected chi connectivity index (χ2v) is 7.02. The molecule has 1 aliphatic carbocycles. The first-order valence-corrected chi connectivity index (χ1v) is 9.87. The van der Waals surface area contributed by atoms with Crippen LogP contribution in [0.3, 0.4) is 0 Å². The van der Waals surface area contributed by atoms with E-state index in [-0.39, 0.29) is 6.61 Å². The molecule has 0 radical (unpaired) electrons. The van der Waals surface area contributed by atoms with Crippen molar-refractivity contribution in [2.75, 3.05) is 46.4 Å². The summed E-state index contributed by atoms with van der Waals surface area (Å²) in [7, 11) is 2.06. The van der Waals surface area contributed by atoms with Crippen LogP contribution in [0.1, 0.15) is 46.0 Å². The fourth-order valence-electron chi connectivity index (χ4n) is 3.45. The van der Waals surface area contributed by atoms with Gasteiger partial charge in [-0.25, -0.2) is 0 Å². The second kappa shape index (κ2) is 13.3. The second-order valence-electron chi connectivity index (χ2n) is 7.02. The lowest BCUT2D eigenvalue weighted by Crippen LogP contribution is -2.30. The highest BCUT2D eigenvalue weighted by Crippen LogP contribution is 2.26. The van der Waals surface area contributed by atoms with Crippen molar-refractivity contribution in [3.63, 3.8) is 0 Å². The Bertz CT molecular complexity index is 442. The summed E-state index contributed by atoms with van der Waals surface area (Å²) in [5.41, 5.74) is 4.26. The first-order valence-electron chi connectivity index (χ1n) is 9.87. The van der Waals surface area contributed by atoms with Gasteiger partial charge in [-0.1, -0.05) is 31.2 Å². The van der Waals surface area contributed by atoms with Gasteiger partial charge in [0.2, 0.25) is 0 Å². The van der Waals surface area contributed by atoms with Gasteiger partial charge >= 0.3 is 0 Å². The van der Waals surface area contributed by atoms with Crippen molar-refractivity contribution in [3.8, 4) is 0 Å². The molecular formula is C21H39N3O. The minimum Gasteiger partial charge on any atom is -0.395 e. The van der Waals surface area contributed by atoms with Crippen molar-refractivity contribution in [2.45, 2.75) is 52.0 Å². The molecule has 25 heavy (non-hydrogen) atoms. The molecule has 0 unspecified atom stereocenters. The molecule has 1 atom stereocenters. The average molecular weight is 350 g/mol. The van der Waals surface area contributed by atoms with Crippen molar-refractivity contribution in [3.05, 3.63) is 35.5 Å². The van der Waals surface area contributed by atoms with Crippen LogP contribution in [0.4, 0.5) is 0 Å². The number of nitrogens with one attached hydrogen (secondary N) is 2. The van der Waals surface area contributed by atoms with Crippen molar-refractivity contribution < 1.29 is 5.11 Å². The van der Waals surface area contributed by atoms with E-state index in [1.54, 1.807) is 0 Å². The van der Waals surface area contributed by atoms with Crippen LogP contribution in [0, 0.1) is 0 Å². The molecule has 0 bridgehead atoms. The number of allylic oxidation sites excluding steroid dienone is 3. The third-order valence-electron chi connectivity index (χ3n) is 5.05. The first-order chi connectivity index (χ1) is 12.1. The van der Waals surface area contributed by atoms with Crippen LogP contribution in [0.25, 0.3) is 0 Å². The monoisotopic (exact) mass is 349 g/mol. The Kier molecular flexibility index (Phi) is 11.7. The minimum atomic E-state index is 0.248. The van der Waals surface area contributed by atoms with Crippen molar-refractivity contribution in [1.82, 2.24) is 15.5 Å². The van der Waals surface area contributed by atoms with Gasteiger partial charge in [-0.05, 0) is 76.9 Å². The maximum Gasteiger partial charge on any atom is 0.0558 e. The number of hydrogen-bond acceptors (Lipinski definition) is 4. The smallest absolute Gasteiger partial charge is 0.0558 e. The summed E-state index contributed by atoms with van der Waals surface area (Å²) in [6.07, 6.45) is 10.3. The summed E-state index contributed by atoms with van der Waals surface area (Å²) in [5, 5.41) is 16.0. The predicted octanol–water partition coefficient (Wildman–Crippen LogP) is 2.87. The number of hydrogen-bond donors (Lipinski definition) is 3. The predicted molar refractivity (Wildman–Crippen MR) is 109 cm³/mol. The van der Waals surface area contributed by atoms with Gasteiger partial charge in [0.05, 0.1) is 6.61 Å². The Labute approximate surface area is 155 Å². The Morgan fingerprint density at radius 2 is 2.16 bits per heavy atom. The molecule has 0 saturated carbocycles. The lowest BCUT2D eigenvalue weighted by atomic mass is 10.00. The van der Waals surface area contributed by atoms with Crippen molar-refractivity contribution in [2.24, 2.45) is 0 Å². The molecular weight excluding hydrogens is 310 g/mol.